The molecule has 110 valence electrons. The molecule has 2 aromatic heterocycles. The summed E-state index contributed by atoms with van der Waals surface area (Å²) in [6.45, 7) is 6.78. The van der Waals surface area contributed by atoms with Gasteiger partial charge in [-0.3, -0.25) is 4.57 Å². The molecule has 0 bridgehead atoms. The maximum Gasteiger partial charge on any atom is 0.207 e. The smallest absolute Gasteiger partial charge is 0.207 e. The second-order valence-electron chi connectivity index (χ2n) is 5.05. The molecule has 3 aromatic rings. The van der Waals surface area contributed by atoms with Gasteiger partial charge in [0.1, 0.15) is 11.3 Å². The minimum Gasteiger partial charge on any atom is -0.495 e. The van der Waals surface area contributed by atoms with Crippen molar-refractivity contribution < 1.29 is 4.74 Å². The van der Waals surface area contributed by atoms with E-state index in [0.29, 0.717) is 5.95 Å². The average Bonchev–Trinajstić information content (AvgIpc) is 2.95. The number of imidazole rings is 1. The molecule has 6 heteroatoms. The number of nitrogens with zero attached hydrogens (tertiary/aromatic N) is 4. The molecule has 2 heterocycles. The summed E-state index contributed by atoms with van der Waals surface area (Å²) in [5.41, 5.74) is 10.8. The zero-order valence-electron chi connectivity index (χ0n) is 12.7. The standard InChI is InChI=1S/C15H19N5O/c1-5-19-14-13(10(3)18-19)17-15(16)20(14)11-8-9(2)6-7-12(11)21-4/h6-8H,5H2,1-4H3,(H2,16,17). The van der Waals surface area contributed by atoms with Gasteiger partial charge in [-0.15, -0.1) is 0 Å². The Kier molecular flexibility index (Phi) is 3.08. The van der Waals surface area contributed by atoms with Crippen LogP contribution in [0.5, 0.6) is 5.75 Å². The molecule has 21 heavy (non-hydrogen) atoms. The van der Waals surface area contributed by atoms with E-state index in [1.807, 2.05) is 48.2 Å². The number of rotatable bonds is 3. The molecule has 0 atom stereocenters. The monoisotopic (exact) mass is 285 g/mol. The lowest BCUT2D eigenvalue weighted by molar-refractivity contribution is 0.413. The fourth-order valence-corrected chi connectivity index (χ4v) is 2.62. The van der Waals surface area contributed by atoms with Crippen LogP contribution in [0.15, 0.2) is 18.2 Å². The molecule has 6 nitrogen and oxygen atoms in total. The molecule has 0 aliphatic carbocycles. The molecule has 0 unspecified atom stereocenters. The Balaban J connectivity index is 2.39. The van der Waals surface area contributed by atoms with Crippen LogP contribution in [0.2, 0.25) is 0 Å². The van der Waals surface area contributed by atoms with Crippen molar-refractivity contribution in [3.63, 3.8) is 0 Å². The largest absolute Gasteiger partial charge is 0.495 e. The summed E-state index contributed by atoms with van der Waals surface area (Å²) in [5, 5.41) is 4.51. The molecule has 1 aromatic carbocycles. The number of ether oxygens (including phenoxy) is 1. The maximum atomic E-state index is 6.15. The molecule has 0 amide bonds. The van der Waals surface area contributed by atoms with Gasteiger partial charge in [0.25, 0.3) is 0 Å². The van der Waals surface area contributed by atoms with E-state index in [1.54, 1.807) is 7.11 Å². The van der Waals surface area contributed by atoms with E-state index in [-0.39, 0.29) is 0 Å². The van der Waals surface area contributed by atoms with Gasteiger partial charge in [-0.25, -0.2) is 9.67 Å². The summed E-state index contributed by atoms with van der Waals surface area (Å²) in [7, 11) is 1.65. The molecule has 2 N–H and O–H groups in total. The molecule has 0 saturated carbocycles. The van der Waals surface area contributed by atoms with Crippen molar-refractivity contribution in [3.8, 4) is 11.4 Å². The van der Waals surface area contributed by atoms with Crippen molar-refractivity contribution in [2.45, 2.75) is 27.3 Å². The second kappa shape index (κ2) is 4.80. The van der Waals surface area contributed by atoms with Crippen molar-refractivity contribution in [1.29, 1.82) is 0 Å². The van der Waals surface area contributed by atoms with Crippen LogP contribution < -0.4 is 10.5 Å². The number of fused-ring (bicyclic) bond motifs is 1. The topological polar surface area (TPSA) is 70.9 Å². The van der Waals surface area contributed by atoms with Gasteiger partial charge in [0, 0.05) is 6.54 Å². The van der Waals surface area contributed by atoms with Crippen LogP contribution in [0.3, 0.4) is 0 Å². The lowest BCUT2D eigenvalue weighted by Gasteiger charge is -2.13. The fraction of sp³-hybridized carbons (Fsp3) is 0.333. The van der Waals surface area contributed by atoms with Crippen LogP contribution in [-0.2, 0) is 6.54 Å². The Hall–Kier alpha value is -2.50. The number of nitrogen functional groups attached to an aromatic ring is 1. The predicted octanol–water partition coefficient (Wildman–Crippen LogP) is 2.45. The van der Waals surface area contributed by atoms with E-state index in [9.17, 15) is 0 Å². The summed E-state index contributed by atoms with van der Waals surface area (Å²) < 4.78 is 9.29. The van der Waals surface area contributed by atoms with E-state index >= 15 is 0 Å². The van der Waals surface area contributed by atoms with E-state index in [2.05, 4.69) is 10.1 Å². The first-order valence-corrected chi connectivity index (χ1v) is 6.93. The Morgan fingerprint density at radius 1 is 1.29 bits per heavy atom. The number of benzene rings is 1. The van der Waals surface area contributed by atoms with Crippen molar-refractivity contribution in [2.24, 2.45) is 0 Å². The minimum absolute atomic E-state index is 0.441. The molecule has 3 rings (SSSR count). The first-order valence-electron chi connectivity index (χ1n) is 6.93. The third kappa shape index (κ3) is 1.94. The van der Waals surface area contributed by atoms with Gasteiger partial charge in [0.05, 0.1) is 18.5 Å². The summed E-state index contributed by atoms with van der Waals surface area (Å²) in [4.78, 5) is 4.46. The van der Waals surface area contributed by atoms with Gasteiger partial charge in [0.2, 0.25) is 5.95 Å². The van der Waals surface area contributed by atoms with E-state index < -0.39 is 0 Å². The Labute approximate surface area is 123 Å². The van der Waals surface area contributed by atoms with E-state index in [4.69, 9.17) is 10.5 Å². The highest BCUT2D eigenvalue weighted by Crippen LogP contribution is 2.31. The van der Waals surface area contributed by atoms with Crippen LogP contribution in [0.1, 0.15) is 18.2 Å². The van der Waals surface area contributed by atoms with E-state index in [0.717, 1.165) is 40.4 Å². The lowest BCUT2D eigenvalue weighted by Crippen LogP contribution is -2.08. The number of aryl methyl sites for hydroxylation is 3. The second-order valence-corrected chi connectivity index (χ2v) is 5.05. The fourth-order valence-electron chi connectivity index (χ4n) is 2.62. The van der Waals surface area contributed by atoms with Gasteiger partial charge in [-0.2, -0.15) is 5.10 Å². The average molecular weight is 285 g/mol. The maximum absolute atomic E-state index is 6.15. The van der Waals surface area contributed by atoms with Crippen LogP contribution in [0, 0.1) is 13.8 Å². The Morgan fingerprint density at radius 2 is 2.05 bits per heavy atom. The van der Waals surface area contributed by atoms with Gasteiger partial charge in [0.15, 0.2) is 5.65 Å². The molecular formula is C15H19N5O. The van der Waals surface area contributed by atoms with Gasteiger partial charge < -0.3 is 10.5 Å². The molecule has 0 spiro atoms. The highest BCUT2D eigenvalue weighted by Gasteiger charge is 2.20. The number of hydrogen-bond acceptors (Lipinski definition) is 4. The SMILES string of the molecule is CCn1nc(C)c2nc(N)n(-c3cc(C)ccc3OC)c21. The first kappa shape index (κ1) is 13.5. The first-order chi connectivity index (χ1) is 10.1. The number of nitrogens with two attached hydrogens (primary N) is 1. The van der Waals surface area contributed by atoms with Crippen molar-refractivity contribution in [1.82, 2.24) is 19.3 Å². The number of aromatic nitrogens is 4. The quantitative estimate of drug-likeness (QED) is 0.802. The Morgan fingerprint density at radius 3 is 2.71 bits per heavy atom. The number of hydrogen-bond donors (Lipinski definition) is 1. The highest BCUT2D eigenvalue weighted by atomic mass is 16.5. The summed E-state index contributed by atoms with van der Waals surface area (Å²) in [6.07, 6.45) is 0. The number of methoxy groups -OCH3 is 1. The van der Waals surface area contributed by atoms with Crippen LogP contribution >= 0.6 is 0 Å². The minimum atomic E-state index is 0.441. The van der Waals surface area contributed by atoms with Crippen molar-refractivity contribution >= 4 is 17.1 Å². The van der Waals surface area contributed by atoms with Gasteiger partial charge in [-0.05, 0) is 38.5 Å². The van der Waals surface area contributed by atoms with E-state index in [1.165, 1.54) is 0 Å². The van der Waals surface area contributed by atoms with Crippen LogP contribution in [0.4, 0.5) is 5.95 Å². The molecule has 0 radical (unpaired) electrons. The molecular weight excluding hydrogens is 266 g/mol. The van der Waals surface area contributed by atoms with Crippen molar-refractivity contribution in [2.75, 3.05) is 12.8 Å². The third-order valence-corrected chi connectivity index (χ3v) is 3.61. The summed E-state index contributed by atoms with van der Waals surface area (Å²) in [6, 6.07) is 5.99. The third-order valence-electron chi connectivity index (χ3n) is 3.61. The molecule has 0 aliphatic heterocycles. The van der Waals surface area contributed by atoms with Crippen LogP contribution in [-0.4, -0.2) is 26.4 Å². The van der Waals surface area contributed by atoms with Gasteiger partial charge in [-0.1, -0.05) is 6.07 Å². The number of anilines is 1. The van der Waals surface area contributed by atoms with Gasteiger partial charge >= 0.3 is 0 Å². The molecule has 0 aliphatic rings. The summed E-state index contributed by atoms with van der Waals surface area (Å²) >= 11 is 0. The van der Waals surface area contributed by atoms with Crippen LogP contribution in [0.25, 0.3) is 16.9 Å². The van der Waals surface area contributed by atoms with Crippen molar-refractivity contribution in [3.05, 3.63) is 29.5 Å². The predicted molar refractivity (Wildman–Crippen MR) is 83.0 cm³/mol. The summed E-state index contributed by atoms with van der Waals surface area (Å²) in [5.74, 6) is 1.20. The molecule has 0 fully saturated rings. The lowest BCUT2D eigenvalue weighted by atomic mass is 10.2. The zero-order chi connectivity index (χ0) is 15.1. The highest BCUT2D eigenvalue weighted by molar-refractivity contribution is 5.81. The molecule has 0 saturated heterocycles. The Bertz CT molecular complexity index is 815. The zero-order valence-corrected chi connectivity index (χ0v) is 12.7. The normalized spacial score (nSPS) is 11.2.